The Kier molecular flexibility index (Phi) is 7.48. The Hall–Kier alpha value is -2.27. The minimum atomic E-state index is -0.922. The van der Waals surface area contributed by atoms with Gasteiger partial charge in [0.25, 0.3) is 0 Å². The Morgan fingerprint density at radius 3 is 2.30 bits per heavy atom. The molecule has 146 valence electrons. The topological polar surface area (TPSA) is 46.3 Å². The van der Waals surface area contributed by atoms with Crippen LogP contribution in [0.15, 0.2) is 48.5 Å². The Morgan fingerprint density at radius 1 is 1.07 bits per heavy atom. The van der Waals surface area contributed by atoms with E-state index in [0.717, 1.165) is 18.5 Å². The zero-order valence-electron chi connectivity index (χ0n) is 16.1. The van der Waals surface area contributed by atoms with Crippen LogP contribution in [-0.2, 0) is 16.8 Å². The van der Waals surface area contributed by atoms with E-state index in [1.165, 1.54) is 18.2 Å². The Labute approximate surface area is 160 Å². The van der Waals surface area contributed by atoms with Crippen LogP contribution in [-0.4, -0.2) is 23.9 Å². The van der Waals surface area contributed by atoms with E-state index in [4.69, 9.17) is 5.73 Å². The summed E-state index contributed by atoms with van der Waals surface area (Å²) < 4.78 is 28.9. The second kappa shape index (κ2) is 9.60. The van der Waals surface area contributed by atoms with Gasteiger partial charge >= 0.3 is 0 Å². The Morgan fingerprint density at radius 2 is 1.70 bits per heavy atom. The Balaban J connectivity index is 0.00000126. The summed E-state index contributed by atoms with van der Waals surface area (Å²) in [5, 5.41) is 0. The highest BCUT2D eigenvalue weighted by Gasteiger charge is 2.42. The zero-order valence-corrected chi connectivity index (χ0v) is 16.1. The number of carbonyl (C=O) groups excluding carboxylic acids is 1. The number of carbonyl (C=O) groups is 1. The molecule has 0 radical (unpaired) electrons. The third-order valence-electron chi connectivity index (χ3n) is 4.91. The van der Waals surface area contributed by atoms with Gasteiger partial charge in [0.1, 0.15) is 11.6 Å². The van der Waals surface area contributed by atoms with Gasteiger partial charge in [-0.1, -0.05) is 50.2 Å². The number of nitrogens with zero attached hydrogens (tertiary/aromatic N) is 1. The number of halogens is 2. The first-order valence-electron chi connectivity index (χ1n) is 9.49. The minimum absolute atomic E-state index is 0.00781. The van der Waals surface area contributed by atoms with Gasteiger partial charge < -0.3 is 5.73 Å². The van der Waals surface area contributed by atoms with Crippen LogP contribution in [0.5, 0.6) is 0 Å². The first-order chi connectivity index (χ1) is 13.0. The van der Waals surface area contributed by atoms with E-state index < -0.39 is 23.0 Å². The van der Waals surface area contributed by atoms with Crippen LogP contribution in [0.3, 0.4) is 0 Å². The summed E-state index contributed by atoms with van der Waals surface area (Å²) in [6.07, 6.45) is 1.24. The van der Waals surface area contributed by atoms with Crippen LogP contribution in [0, 0.1) is 11.6 Å². The summed E-state index contributed by atoms with van der Waals surface area (Å²) >= 11 is 0. The van der Waals surface area contributed by atoms with Crippen molar-refractivity contribution in [1.29, 1.82) is 0 Å². The van der Waals surface area contributed by atoms with Crippen molar-refractivity contribution in [3.63, 3.8) is 0 Å². The van der Waals surface area contributed by atoms with Crippen LogP contribution in [0.1, 0.15) is 44.2 Å². The fraction of sp³-hybridized carbons (Fsp3) is 0.409. The molecule has 2 N–H and O–H groups in total. The number of primary amides is 1. The molecule has 1 heterocycles. The number of rotatable bonds is 5. The van der Waals surface area contributed by atoms with Crippen molar-refractivity contribution < 1.29 is 13.6 Å². The molecular weight excluding hydrogens is 346 g/mol. The third kappa shape index (κ3) is 5.13. The SMILES string of the molecule is CC.NC(=O)CC1(c2c(F)cccc2F)CCCN(Cc2ccccc2)C1. The first kappa shape index (κ1) is 21.0. The van der Waals surface area contributed by atoms with Gasteiger partial charge in [0, 0.05) is 30.5 Å². The molecule has 3 nitrogen and oxygen atoms in total. The second-order valence-corrected chi connectivity index (χ2v) is 6.82. The summed E-state index contributed by atoms with van der Waals surface area (Å²) in [6.45, 7) is 5.91. The lowest BCUT2D eigenvalue weighted by Gasteiger charge is -2.43. The van der Waals surface area contributed by atoms with Crippen molar-refractivity contribution >= 4 is 5.91 Å². The summed E-state index contributed by atoms with van der Waals surface area (Å²) in [7, 11) is 0. The van der Waals surface area contributed by atoms with Crippen LogP contribution in [0.2, 0.25) is 0 Å². The molecule has 27 heavy (non-hydrogen) atoms. The van der Waals surface area contributed by atoms with E-state index in [1.54, 1.807) is 0 Å². The number of hydrogen-bond donors (Lipinski definition) is 1. The van der Waals surface area contributed by atoms with Gasteiger partial charge in [-0.05, 0) is 37.1 Å². The molecule has 2 aromatic rings. The van der Waals surface area contributed by atoms with Crippen molar-refractivity contribution in [3.8, 4) is 0 Å². The minimum Gasteiger partial charge on any atom is -0.370 e. The average molecular weight is 374 g/mol. The van der Waals surface area contributed by atoms with Crippen molar-refractivity contribution in [2.24, 2.45) is 5.73 Å². The van der Waals surface area contributed by atoms with Crippen LogP contribution >= 0.6 is 0 Å². The quantitative estimate of drug-likeness (QED) is 0.843. The number of likely N-dealkylation sites (tertiary alicyclic amines) is 1. The molecule has 1 saturated heterocycles. The standard InChI is InChI=1S/C20H22F2N2O.C2H6/c21-16-8-4-9-17(22)19(16)20(12-18(23)25)10-5-11-24(14-20)13-15-6-2-1-3-7-15;1-2/h1-4,6-9H,5,10-14H2,(H2,23,25);1-2H3. The molecule has 0 bridgehead atoms. The molecule has 0 aliphatic carbocycles. The maximum absolute atomic E-state index is 14.5. The maximum atomic E-state index is 14.5. The maximum Gasteiger partial charge on any atom is 0.218 e. The fourth-order valence-corrected chi connectivity index (χ4v) is 3.98. The molecular formula is C22H28F2N2O. The Bertz CT molecular complexity index is 731. The summed E-state index contributed by atoms with van der Waals surface area (Å²) in [5.41, 5.74) is 5.64. The number of benzene rings is 2. The molecule has 5 heteroatoms. The highest BCUT2D eigenvalue weighted by atomic mass is 19.1. The molecule has 1 atom stereocenters. The van der Waals surface area contributed by atoms with E-state index in [0.29, 0.717) is 19.5 Å². The number of amides is 1. The van der Waals surface area contributed by atoms with E-state index in [9.17, 15) is 13.6 Å². The van der Waals surface area contributed by atoms with Crippen molar-refractivity contribution in [3.05, 3.63) is 71.3 Å². The molecule has 0 aromatic heterocycles. The molecule has 2 aromatic carbocycles. The zero-order chi connectivity index (χ0) is 19.9. The highest BCUT2D eigenvalue weighted by Crippen LogP contribution is 2.40. The van der Waals surface area contributed by atoms with Gasteiger partial charge in [-0.25, -0.2) is 8.78 Å². The third-order valence-corrected chi connectivity index (χ3v) is 4.91. The highest BCUT2D eigenvalue weighted by molar-refractivity contribution is 5.75. The van der Waals surface area contributed by atoms with E-state index in [2.05, 4.69) is 4.90 Å². The van der Waals surface area contributed by atoms with E-state index in [-0.39, 0.29) is 12.0 Å². The summed E-state index contributed by atoms with van der Waals surface area (Å²) in [4.78, 5) is 13.8. The molecule has 0 spiro atoms. The predicted molar refractivity (Wildman–Crippen MR) is 104 cm³/mol. The molecule has 1 unspecified atom stereocenters. The van der Waals surface area contributed by atoms with Gasteiger partial charge in [0.05, 0.1) is 0 Å². The smallest absolute Gasteiger partial charge is 0.218 e. The lowest BCUT2D eigenvalue weighted by molar-refractivity contribution is -0.119. The van der Waals surface area contributed by atoms with E-state index in [1.807, 2.05) is 44.2 Å². The normalized spacial score (nSPS) is 19.9. The van der Waals surface area contributed by atoms with Crippen molar-refractivity contribution in [2.45, 2.75) is 45.1 Å². The number of nitrogens with two attached hydrogens (primary N) is 1. The molecule has 1 fully saturated rings. The van der Waals surface area contributed by atoms with Crippen LogP contribution in [0.25, 0.3) is 0 Å². The van der Waals surface area contributed by atoms with Crippen molar-refractivity contribution in [2.75, 3.05) is 13.1 Å². The van der Waals surface area contributed by atoms with Gasteiger partial charge in [-0.3, -0.25) is 9.69 Å². The molecule has 1 aliphatic heterocycles. The van der Waals surface area contributed by atoms with Gasteiger partial charge in [0.15, 0.2) is 0 Å². The second-order valence-electron chi connectivity index (χ2n) is 6.82. The van der Waals surface area contributed by atoms with Gasteiger partial charge in [0.2, 0.25) is 5.91 Å². The number of piperidine rings is 1. The largest absolute Gasteiger partial charge is 0.370 e. The first-order valence-corrected chi connectivity index (χ1v) is 9.49. The lowest BCUT2D eigenvalue weighted by Crippen LogP contribution is -2.48. The molecule has 3 rings (SSSR count). The van der Waals surface area contributed by atoms with Gasteiger partial charge in [-0.15, -0.1) is 0 Å². The number of hydrogen-bond acceptors (Lipinski definition) is 2. The fourth-order valence-electron chi connectivity index (χ4n) is 3.98. The van der Waals surface area contributed by atoms with Gasteiger partial charge in [-0.2, -0.15) is 0 Å². The molecule has 1 aliphatic rings. The monoisotopic (exact) mass is 374 g/mol. The van der Waals surface area contributed by atoms with Crippen LogP contribution in [0.4, 0.5) is 8.78 Å². The summed E-state index contributed by atoms with van der Waals surface area (Å²) in [6, 6.07) is 13.8. The van der Waals surface area contributed by atoms with E-state index >= 15 is 0 Å². The summed E-state index contributed by atoms with van der Waals surface area (Å²) in [5.74, 6) is -1.75. The lowest BCUT2D eigenvalue weighted by atomic mass is 9.71. The van der Waals surface area contributed by atoms with Crippen LogP contribution < -0.4 is 5.73 Å². The molecule has 0 saturated carbocycles. The molecule has 1 amide bonds. The average Bonchev–Trinajstić information content (AvgIpc) is 2.63. The van der Waals surface area contributed by atoms with Crippen molar-refractivity contribution in [1.82, 2.24) is 4.90 Å². The predicted octanol–water partition coefficient (Wildman–Crippen LogP) is 4.40.